The number of rotatable bonds is 5. The van der Waals surface area contributed by atoms with Crippen molar-refractivity contribution in [1.82, 2.24) is 10.2 Å². The number of hydrogen-bond acceptors (Lipinski definition) is 5. The zero-order valence-electron chi connectivity index (χ0n) is 13.4. The van der Waals surface area contributed by atoms with E-state index in [4.69, 9.17) is 9.15 Å². The fourth-order valence-electron chi connectivity index (χ4n) is 2.20. The van der Waals surface area contributed by atoms with Gasteiger partial charge in [-0.1, -0.05) is 25.1 Å². The highest BCUT2D eigenvalue weighted by Crippen LogP contribution is 2.22. The maximum absolute atomic E-state index is 12.2. The van der Waals surface area contributed by atoms with Crippen LogP contribution in [0.15, 0.2) is 52.9 Å². The summed E-state index contributed by atoms with van der Waals surface area (Å²) in [6.45, 7) is 2.08. The van der Waals surface area contributed by atoms with Crippen LogP contribution in [0, 0.1) is 0 Å². The number of methoxy groups -OCH3 is 1. The Balaban J connectivity index is 1.75. The molecule has 0 saturated carbocycles. The molecule has 1 amide bonds. The van der Waals surface area contributed by atoms with Gasteiger partial charge in [-0.25, -0.2) is 0 Å². The van der Waals surface area contributed by atoms with Gasteiger partial charge in [-0.15, -0.1) is 10.2 Å². The summed E-state index contributed by atoms with van der Waals surface area (Å²) < 4.78 is 10.6. The van der Waals surface area contributed by atoms with Gasteiger partial charge in [0.2, 0.25) is 5.89 Å². The number of aryl methyl sites for hydroxylation is 1. The molecule has 1 heterocycles. The summed E-state index contributed by atoms with van der Waals surface area (Å²) in [6.07, 6.45) is 0.946. The summed E-state index contributed by atoms with van der Waals surface area (Å²) in [4.78, 5) is 12.2. The molecule has 0 fully saturated rings. The van der Waals surface area contributed by atoms with E-state index in [0.717, 1.165) is 6.42 Å². The second-order valence-electron chi connectivity index (χ2n) is 5.15. The van der Waals surface area contributed by atoms with Gasteiger partial charge >= 0.3 is 11.8 Å². The Labute approximate surface area is 139 Å². The molecule has 6 heteroatoms. The Kier molecular flexibility index (Phi) is 4.56. The highest BCUT2D eigenvalue weighted by molar-refractivity contribution is 6.00. The van der Waals surface area contributed by atoms with Gasteiger partial charge in [0.25, 0.3) is 0 Å². The monoisotopic (exact) mass is 323 g/mol. The average Bonchev–Trinajstić information content (AvgIpc) is 3.13. The highest BCUT2D eigenvalue weighted by atomic mass is 16.5. The van der Waals surface area contributed by atoms with Crippen LogP contribution in [-0.4, -0.2) is 23.2 Å². The van der Waals surface area contributed by atoms with Gasteiger partial charge in [-0.05, 0) is 42.3 Å². The van der Waals surface area contributed by atoms with Crippen LogP contribution >= 0.6 is 0 Å². The quantitative estimate of drug-likeness (QED) is 0.777. The minimum atomic E-state index is -0.444. The summed E-state index contributed by atoms with van der Waals surface area (Å²) in [6, 6.07) is 14.8. The van der Waals surface area contributed by atoms with E-state index in [0.29, 0.717) is 17.0 Å². The van der Waals surface area contributed by atoms with Crippen molar-refractivity contribution in [3.05, 3.63) is 60.0 Å². The number of ether oxygens (including phenoxy) is 1. The molecular weight excluding hydrogens is 306 g/mol. The van der Waals surface area contributed by atoms with E-state index in [1.807, 2.05) is 36.4 Å². The summed E-state index contributed by atoms with van der Waals surface area (Å²) in [5.41, 5.74) is 2.57. The number of carbonyl (C=O) groups is 1. The first kappa shape index (κ1) is 15.7. The van der Waals surface area contributed by atoms with E-state index in [1.165, 1.54) is 5.56 Å². The summed E-state index contributed by atoms with van der Waals surface area (Å²) in [7, 11) is 1.58. The van der Waals surface area contributed by atoms with Crippen molar-refractivity contribution in [3.63, 3.8) is 0 Å². The molecule has 0 aliphatic carbocycles. The van der Waals surface area contributed by atoms with Crippen LogP contribution in [0.2, 0.25) is 0 Å². The normalized spacial score (nSPS) is 10.4. The first-order chi connectivity index (χ1) is 11.7. The number of aromatic nitrogens is 2. The van der Waals surface area contributed by atoms with Crippen molar-refractivity contribution in [2.24, 2.45) is 0 Å². The largest absolute Gasteiger partial charge is 0.497 e. The van der Waals surface area contributed by atoms with Crippen LogP contribution in [0.3, 0.4) is 0 Å². The number of benzene rings is 2. The summed E-state index contributed by atoms with van der Waals surface area (Å²) >= 11 is 0. The topological polar surface area (TPSA) is 77.2 Å². The predicted molar refractivity (Wildman–Crippen MR) is 90.1 cm³/mol. The fourth-order valence-corrected chi connectivity index (χ4v) is 2.20. The van der Waals surface area contributed by atoms with E-state index in [1.54, 1.807) is 19.2 Å². The van der Waals surface area contributed by atoms with Crippen LogP contribution in [0.5, 0.6) is 5.75 Å². The van der Waals surface area contributed by atoms with Crippen molar-refractivity contribution in [2.75, 3.05) is 12.4 Å². The number of nitrogens with zero attached hydrogens (tertiary/aromatic N) is 2. The Morgan fingerprint density at radius 1 is 1.17 bits per heavy atom. The Morgan fingerprint density at radius 3 is 2.67 bits per heavy atom. The van der Waals surface area contributed by atoms with E-state index in [-0.39, 0.29) is 11.8 Å². The van der Waals surface area contributed by atoms with Crippen LogP contribution in [0.25, 0.3) is 11.5 Å². The molecule has 0 spiro atoms. The molecule has 0 aliphatic heterocycles. The van der Waals surface area contributed by atoms with Crippen molar-refractivity contribution in [3.8, 4) is 17.2 Å². The molecule has 1 aromatic heterocycles. The van der Waals surface area contributed by atoms with Crippen LogP contribution in [0.4, 0.5) is 5.69 Å². The Morgan fingerprint density at radius 2 is 1.96 bits per heavy atom. The summed E-state index contributed by atoms with van der Waals surface area (Å²) in [5.74, 6) is 0.404. The molecule has 0 aliphatic rings. The van der Waals surface area contributed by atoms with Gasteiger partial charge in [-0.3, -0.25) is 4.79 Å². The second kappa shape index (κ2) is 6.95. The fraction of sp³-hybridized carbons (Fsp3) is 0.167. The van der Waals surface area contributed by atoms with E-state index in [9.17, 15) is 4.79 Å². The van der Waals surface area contributed by atoms with Gasteiger partial charge in [0.15, 0.2) is 0 Å². The molecule has 3 rings (SSSR count). The van der Waals surface area contributed by atoms with Crippen molar-refractivity contribution in [2.45, 2.75) is 13.3 Å². The van der Waals surface area contributed by atoms with Crippen molar-refractivity contribution >= 4 is 11.6 Å². The smallest absolute Gasteiger partial charge is 0.313 e. The lowest BCUT2D eigenvalue weighted by Gasteiger charge is -2.03. The van der Waals surface area contributed by atoms with Gasteiger partial charge in [-0.2, -0.15) is 0 Å². The molecule has 0 unspecified atom stereocenters. The molecular formula is C18H17N3O3. The molecule has 0 saturated heterocycles. The van der Waals surface area contributed by atoms with E-state index < -0.39 is 5.91 Å². The average molecular weight is 323 g/mol. The van der Waals surface area contributed by atoms with Crippen LogP contribution < -0.4 is 10.1 Å². The standard InChI is InChI=1S/C18H17N3O3/c1-3-12-7-9-14(10-8-12)19-16(22)18-21-20-17(24-18)13-5-4-6-15(11-13)23-2/h4-11H,3H2,1-2H3,(H,19,22). The molecule has 1 N–H and O–H groups in total. The highest BCUT2D eigenvalue weighted by Gasteiger charge is 2.16. The lowest BCUT2D eigenvalue weighted by Crippen LogP contribution is -2.12. The van der Waals surface area contributed by atoms with Gasteiger partial charge in [0, 0.05) is 11.3 Å². The predicted octanol–water partition coefficient (Wildman–Crippen LogP) is 3.56. The number of hydrogen-bond donors (Lipinski definition) is 1. The molecule has 6 nitrogen and oxygen atoms in total. The van der Waals surface area contributed by atoms with E-state index >= 15 is 0 Å². The van der Waals surface area contributed by atoms with Gasteiger partial charge < -0.3 is 14.5 Å². The van der Waals surface area contributed by atoms with E-state index in [2.05, 4.69) is 22.4 Å². The molecule has 3 aromatic rings. The minimum Gasteiger partial charge on any atom is -0.497 e. The van der Waals surface area contributed by atoms with Crippen LogP contribution in [0.1, 0.15) is 23.2 Å². The summed E-state index contributed by atoms with van der Waals surface area (Å²) in [5, 5.41) is 10.5. The maximum atomic E-state index is 12.2. The lowest BCUT2D eigenvalue weighted by atomic mass is 10.1. The minimum absolute atomic E-state index is 0.0904. The number of anilines is 1. The number of nitrogens with one attached hydrogen (secondary N) is 1. The molecule has 122 valence electrons. The zero-order chi connectivity index (χ0) is 16.9. The molecule has 0 radical (unpaired) electrons. The SMILES string of the molecule is CCc1ccc(NC(=O)c2nnc(-c3cccc(OC)c3)o2)cc1. The maximum Gasteiger partial charge on any atom is 0.313 e. The van der Waals surface area contributed by atoms with Crippen molar-refractivity contribution < 1.29 is 13.9 Å². The number of carbonyl (C=O) groups excluding carboxylic acids is 1. The first-order valence-corrected chi connectivity index (χ1v) is 7.58. The van der Waals surface area contributed by atoms with Gasteiger partial charge in [0.1, 0.15) is 5.75 Å². The van der Waals surface area contributed by atoms with Gasteiger partial charge in [0.05, 0.1) is 7.11 Å². The third-order valence-electron chi connectivity index (χ3n) is 3.56. The van der Waals surface area contributed by atoms with Crippen molar-refractivity contribution in [1.29, 1.82) is 0 Å². The Bertz CT molecular complexity index is 841. The molecule has 0 atom stereocenters. The third kappa shape index (κ3) is 3.43. The third-order valence-corrected chi connectivity index (χ3v) is 3.56. The lowest BCUT2D eigenvalue weighted by molar-refractivity contribution is 0.0991. The number of amides is 1. The molecule has 0 bridgehead atoms. The van der Waals surface area contributed by atoms with Crippen LogP contribution in [-0.2, 0) is 6.42 Å². The Hall–Kier alpha value is -3.15. The zero-order valence-corrected chi connectivity index (χ0v) is 13.4. The first-order valence-electron chi connectivity index (χ1n) is 7.58. The molecule has 24 heavy (non-hydrogen) atoms. The second-order valence-corrected chi connectivity index (χ2v) is 5.15. The molecule has 2 aromatic carbocycles.